The molecule has 6 heteroatoms. The minimum absolute atomic E-state index is 0.0336. The summed E-state index contributed by atoms with van der Waals surface area (Å²) in [6.07, 6.45) is 0. The fourth-order valence-electron chi connectivity index (χ4n) is 1.39. The number of nitrogens with zero attached hydrogens (tertiary/aromatic N) is 1. The number of carbonyl (C=O) groups is 1. The van der Waals surface area contributed by atoms with E-state index in [0.717, 1.165) is 15.0 Å². The highest BCUT2D eigenvalue weighted by Crippen LogP contribution is 2.21. The average molecular weight is 341 g/mol. The molecule has 100 valence electrons. The second-order valence-corrected chi connectivity index (χ2v) is 6.07. The molecule has 0 saturated heterocycles. The summed E-state index contributed by atoms with van der Waals surface area (Å²) in [5.41, 5.74) is 0.938. The number of halogens is 1. The third kappa shape index (κ3) is 4.04. The quantitative estimate of drug-likeness (QED) is 0.925. The third-order valence-electron chi connectivity index (χ3n) is 2.44. The molecule has 0 radical (unpaired) electrons. The summed E-state index contributed by atoms with van der Waals surface area (Å²) >= 11 is 4.81. The molecule has 0 atom stereocenters. The number of hydrogen-bond acceptors (Lipinski definition) is 4. The number of anilines is 1. The van der Waals surface area contributed by atoms with Crippen LogP contribution in [0.5, 0.6) is 5.75 Å². The van der Waals surface area contributed by atoms with Crippen molar-refractivity contribution in [3.05, 3.63) is 39.3 Å². The van der Waals surface area contributed by atoms with Crippen LogP contribution in [0.3, 0.4) is 0 Å². The molecular formula is C13H13BrN2O2S. The van der Waals surface area contributed by atoms with Gasteiger partial charge >= 0.3 is 0 Å². The molecule has 1 aromatic heterocycles. The molecule has 0 aliphatic heterocycles. The lowest BCUT2D eigenvalue weighted by molar-refractivity contribution is -0.118. The van der Waals surface area contributed by atoms with Gasteiger partial charge in [-0.1, -0.05) is 22.0 Å². The van der Waals surface area contributed by atoms with Gasteiger partial charge in [0.05, 0.1) is 5.69 Å². The number of aromatic nitrogens is 1. The van der Waals surface area contributed by atoms with Gasteiger partial charge in [-0.05, 0) is 32.0 Å². The normalized spacial score (nSPS) is 10.3. The molecule has 0 bridgehead atoms. The van der Waals surface area contributed by atoms with Gasteiger partial charge in [0.1, 0.15) is 5.75 Å². The van der Waals surface area contributed by atoms with Gasteiger partial charge in [0, 0.05) is 9.35 Å². The highest BCUT2D eigenvalue weighted by atomic mass is 79.9. The number of amides is 1. The van der Waals surface area contributed by atoms with Crippen LogP contribution in [0.15, 0.2) is 28.7 Å². The summed E-state index contributed by atoms with van der Waals surface area (Å²) in [4.78, 5) is 17.1. The van der Waals surface area contributed by atoms with Gasteiger partial charge < -0.3 is 4.74 Å². The van der Waals surface area contributed by atoms with Gasteiger partial charge in [-0.15, -0.1) is 11.3 Å². The van der Waals surface area contributed by atoms with Crippen molar-refractivity contribution >= 4 is 38.3 Å². The third-order valence-corrected chi connectivity index (χ3v) is 3.92. The van der Waals surface area contributed by atoms with E-state index < -0.39 is 0 Å². The van der Waals surface area contributed by atoms with Crippen molar-refractivity contribution in [3.63, 3.8) is 0 Å². The maximum Gasteiger partial charge on any atom is 0.264 e. The number of aryl methyl sites for hydroxylation is 2. The van der Waals surface area contributed by atoms with Crippen LogP contribution in [-0.4, -0.2) is 17.5 Å². The number of carbonyl (C=O) groups excluding carboxylic acids is 1. The molecule has 0 fully saturated rings. The summed E-state index contributed by atoms with van der Waals surface area (Å²) in [6, 6.07) is 7.36. The van der Waals surface area contributed by atoms with E-state index in [9.17, 15) is 4.79 Å². The average Bonchev–Trinajstić information content (AvgIpc) is 2.66. The molecule has 4 nitrogen and oxygen atoms in total. The first-order chi connectivity index (χ1) is 9.04. The molecule has 1 amide bonds. The number of rotatable bonds is 4. The van der Waals surface area contributed by atoms with Crippen molar-refractivity contribution in [3.8, 4) is 5.75 Å². The van der Waals surface area contributed by atoms with Crippen molar-refractivity contribution in [2.24, 2.45) is 0 Å². The predicted octanol–water partition coefficient (Wildman–Crippen LogP) is 3.54. The van der Waals surface area contributed by atoms with Crippen molar-refractivity contribution < 1.29 is 9.53 Å². The van der Waals surface area contributed by atoms with E-state index >= 15 is 0 Å². The zero-order valence-electron chi connectivity index (χ0n) is 10.6. The molecular weight excluding hydrogens is 328 g/mol. The van der Waals surface area contributed by atoms with E-state index in [1.54, 1.807) is 6.07 Å². The van der Waals surface area contributed by atoms with E-state index in [0.29, 0.717) is 10.9 Å². The van der Waals surface area contributed by atoms with E-state index in [-0.39, 0.29) is 12.5 Å². The summed E-state index contributed by atoms with van der Waals surface area (Å²) < 4.78 is 6.31. The highest BCUT2D eigenvalue weighted by molar-refractivity contribution is 9.10. The van der Waals surface area contributed by atoms with Gasteiger partial charge in [-0.3, -0.25) is 10.1 Å². The monoisotopic (exact) mass is 340 g/mol. The summed E-state index contributed by atoms with van der Waals surface area (Å²) in [5.74, 6) is 0.435. The lowest BCUT2D eigenvalue weighted by atomic mass is 10.3. The smallest absolute Gasteiger partial charge is 0.264 e. The Labute approximate surface area is 124 Å². The van der Waals surface area contributed by atoms with Crippen LogP contribution >= 0.6 is 27.3 Å². The van der Waals surface area contributed by atoms with Crippen molar-refractivity contribution in [1.29, 1.82) is 0 Å². The Morgan fingerprint density at radius 2 is 2.26 bits per heavy atom. The molecule has 0 aliphatic carbocycles. The minimum Gasteiger partial charge on any atom is -0.484 e. The van der Waals surface area contributed by atoms with Crippen LogP contribution in [0.2, 0.25) is 0 Å². The highest BCUT2D eigenvalue weighted by Gasteiger charge is 2.08. The van der Waals surface area contributed by atoms with E-state index in [2.05, 4.69) is 26.2 Å². The first-order valence-corrected chi connectivity index (χ1v) is 7.28. The lowest BCUT2D eigenvalue weighted by Gasteiger charge is -2.05. The Hall–Kier alpha value is -1.40. The van der Waals surface area contributed by atoms with Gasteiger partial charge in [0.2, 0.25) is 0 Å². The van der Waals surface area contributed by atoms with Crippen LogP contribution in [0, 0.1) is 13.8 Å². The number of benzene rings is 1. The van der Waals surface area contributed by atoms with E-state index in [1.165, 1.54) is 11.3 Å². The topological polar surface area (TPSA) is 51.2 Å². The molecule has 0 aliphatic rings. The van der Waals surface area contributed by atoms with E-state index in [4.69, 9.17) is 4.74 Å². The molecule has 2 aromatic rings. The van der Waals surface area contributed by atoms with Crippen molar-refractivity contribution in [2.45, 2.75) is 13.8 Å². The first kappa shape index (κ1) is 14.0. The SMILES string of the molecule is Cc1nc(NC(=O)COc2cccc(Br)c2)sc1C. The van der Waals surface area contributed by atoms with Crippen LogP contribution in [0.25, 0.3) is 0 Å². The Balaban J connectivity index is 1.88. The summed E-state index contributed by atoms with van der Waals surface area (Å²) in [5, 5.41) is 3.33. The van der Waals surface area contributed by atoms with Crippen LogP contribution in [-0.2, 0) is 4.79 Å². The van der Waals surface area contributed by atoms with Crippen LogP contribution in [0.4, 0.5) is 5.13 Å². The second kappa shape index (κ2) is 6.16. The molecule has 19 heavy (non-hydrogen) atoms. The maximum atomic E-state index is 11.7. The first-order valence-electron chi connectivity index (χ1n) is 5.67. The number of hydrogen-bond donors (Lipinski definition) is 1. The molecule has 1 aromatic carbocycles. The minimum atomic E-state index is -0.214. The molecule has 0 unspecified atom stereocenters. The van der Waals surface area contributed by atoms with Gasteiger partial charge in [0.25, 0.3) is 5.91 Å². The van der Waals surface area contributed by atoms with Crippen LogP contribution < -0.4 is 10.1 Å². The van der Waals surface area contributed by atoms with Crippen LogP contribution in [0.1, 0.15) is 10.6 Å². The molecule has 2 rings (SSSR count). The maximum absolute atomic E-state index is 11.7. The Morgan fingerprint density at radius 3 is 2.89 bits per heavy atom. The fourth-order valence-corrected chi connectivity index (χ4v) is 2.60. The van der Waals surface area contributed by atoms with Gasteiger partial charge in [-0.2, -0.15) is 0 Å². The standard InChI is InChI=1S/C13H13BrN2O2S/c1-8-9(2)19-13(15-8)16-12(17)7-18-11-5-3-4-10(14)6-11/h3-6H,7H2,1-2H3,(H,15,16,17). The summed E-state index contributed by atoms with van der Waals surface area (Å²) in [7, 11) is 0. The van der Waals surface area contributed by atoms with Crippen molar-refractivity contribution in [2.75, 3.05) is 11.9 Å². The predicted molar refractivity (Wildman–Crippen MR) is 79.9 cm³/mol. The zero-order chi connectivity index (χ0) is 13.8. The largest absolute Gasteiger partial charge is 0.484 e. The molecule has 0 saturated carbocycles. The van der Waals surface area contributed by atoms with Gasteiger partial charge in [-0.25, -0.2) is 4.98 Å². The van der Waals surface area contributed by atoms with Crippen molar-refractivity contribution in [1.82, 2.24) is 4.98 Å². The number of thiazole rings is 1. The Morgan fingerprint density at radius 1 is 1.47 bits per heavy atom. The molecule has 0 spiro atoms. The Kier molecular flexibility index (Phi) is 4.55. The second-order valence-electron chi connectivity index (χ2n) is 3.95. The Bertz CT molecular complexity index is 579. The molecule has 1 heterocycles. The van der Waals surface area contributed by atoms with E-state index in [1.807, 2.05) is 32.0 Å². The summed E-state index contributed by atoms with van der Waals surface area (Å²) in [6.45, 7) is 3.86. The number of nitrogens with one attached hydrogen (secondary N) is 1. The fraction of sp³-hybridized carbons (Fsp3) is 0.231. The van der Waals surface area contributed by atoms with Gasteiger partial charge in [0.15, 0.2) is 11.7 Å². The zero-order valence-corrected chi connectivity index (χ0v) is 13.0. The number of ether oxygens (including phenoxy) is 1. The lowest BCUT2D eigenvalue weighted by Crippen LogP contribution is -2.20. The molecule has 1 N–H and O–H groups in total.